The third-order valence-corrected chi connectivity index (χ3v) is 3.23. The molecule has 0 aliphatic heterocycles. The average Bonchev–Trinajstić information content (AvgIpc) is 2.47. The summed E-state index contributed by atoms with van der Waals surface area (Å²) in [6.45, 7) is 2.75. The minimum absolute atomic E-state index is 0.366. The van der Waals surface area contributed by atoms with Crippen LogP contribution in [0.3, 0.4) is 0 Å². The normalized spacial score (nSPS) is 12.2. The summed E-state index contributed by atoms with van der Waals surface area (Å²) in [6.07, 6.45) is 2.18. The Kier molecular flexibility index (Phi) is 4.53. The van der Waals surface area contributed by atoms with Crippen molar-refractivity contribution in [2.24, 2.45) is 0 Å². The lowest BCUT2D eigenvalue weighted by Gasteiger charge is -2.19. The second-order valence-corrected chi connectivity index (χ2v) is 4.69. The van der Waals surface area contributed by atoms with Gasteiger partial charge in [0.1, 0.15) is 0 Å². The Labute approximate surface area is 114 Å². The molecule has 0 aliphatic rings. The van der Waals surface area contributed by atoms with Crippen LogP contribution < -0.4 is 4.90 Å². The molecule has 1 aromatic heterocycles. The first kappa shape index (κ1) is 13.6. The third-order valence-electron chi connectivity index (χ3n) is 3.23. The average molecular weight is 256 g/mol. The number of nitrogens with zero attached hydrogens (tertiary/aromatic N) is 2. The summed E-state index contributed by atoms with van der Waals surface area (Å²) in [5.41, 5.74) is 3.14. The molecule has 0 amide bonds. The number of rotatable bonds is 5. The van der Waals surface area contributed by atoms with Crippen molar-refractivity contribution in [2.75, 3.05) is 11.9 Å². The van der Waals surface area contributed by atoms with Gasteiger partial charge in [-0.05, 0) is 36.2 Å². The van der Waals surface area contributed by atoms with E-state index < -0.39 is 0 Å². The number of pyridine rings is 1. The maximum atomic E-state index is 9.77. The zero-order chi connectivity index (χ0) is 13.7. The van der Waals surface area contributed by atoms with Crippen molar-refractivity contribution < 1.29 is 5.11 Å². The lowest BCUT2D eigenvalue weighted by molar-refractivity contribution is 0.173. The standard InChI is InChI=1S/C16H20N2O/c1-3-16(19)13-7-9-15(10-8-13)18(2)12-14-6-4-5-11-17-14/h4-11,16,19H,3,12H2,1-2H3/t16-/m1/s1. The topological polar surface area (TPSA) is 36.4 Å². The highest BCUT2D eigenvalue weighted by molar-refractivity contribution is 5.47. The van der Waals surface area contributed by atoms with Crippen LogP contribution in [0.2, 0.25) is 0 Å². The van der Waals surface area contributed by atoms with E-state index in [1.807, 2.05) is 62.6 Å². The summed E-state index contributed by atoms with van der Waals surface area (Å²) in [5, 5.41) is 9.77. The first-order chi connectivity index (χ1) is 9.20. The van der Waals surface area contributed by atoms with Crippen molar-refractivity contribution in [2.45, 2.75) is 26.0 Å². The summed E-state index contributed by atoms with van der Waals surface area (Å²) in [4.78, 5) is 6.46. The van der Waals surface area contributed by atoms with Crippen LogP contribution in [0, 0.1) is 0 Å². The minimum atomic E-state index is -0.366. The van der Waals surface area contributed by atoms with Gasteiger partial charge in [-0.2, -0.15) is 0 Å². The summed E-state index contributed by atoms with van der Waals surface area (Å²) in [7, 11) is 2.04. The molecular weight excluding hydrogens is 236 g/mol. The van der Waals surface area contributed by atoms with Crippen LogP contribution in [0.1, 0.15) is 30.7 Å². The van der Waals surface area contributed by atoms with E-state index in [-0.39, 0.29) is 6.10 Å². The van der Waals surface area contributed by atoms with E-state index in [0.717, 1.165) is 29.9 Å². The molecule has 2 aromatic rings. The highest BCUT2D eigenvalue weighted by atomic mass is 16.3. The van der Waals surface area contributed by atoms with E-state index in [1.165, 1.54) is 0 Å². The van der Waals surface area contributed by atoms with E-state index >= 15 is 0 Å². The van der Waals surface area contributed by atoms with E-state index in [9.17, 15) is 5.11 Å². The Hall–Kier alpha value is -1.87. The van der Waals surface area contributed by atoms with Crippen molar-refractivity contribution in [3.8, 4) is 0 Å². The SMILES string of the molecule is CC[C@@H](O)c1ccc(N(C)Cc2ccccn2)cc1. The second kappa shape index (κ2) is 6.34. The molecule has 0 aliphatic carbocycles. The lowest BCUT2D eigenvalue weighted by Crippen LogP contribution is -2.17. The number of benzene rings is 1. The molecule has 1 N–H and O–H groups in total. The van der Waals surface area contributed by atoms with Gasteiger partial charge in [0.15, 0.2) is 0 Å². The summed E-state index contributed by atoms with van der Waals surface area (Å²) < 4.78 is 0. The molecule has 3 nitrogen and oxygen atoms in total. The van der Waals surface area contributed by atoms with Crippen molar-refractivity contribution in [1.82, 2.24) is 4.98 Å². The van der Waals surface area contributed by atoms with Crippen molar-refractivity contribution in [1.29, 1.82) is 0 Å². The molecule has 0 fully saturated rings. The van der Waals surface area contributed by atoms with Gasteiger partial charge in [0.2, 0.25) is 0 Å². The summed E-state index contributed by atoms with van der Waals surface area (Å²) >= 11 is 0. The maximum absolute atomic E-state index is 9.77. The van der Waals surface area contributed by atoms with Gasteiger partial charge in [-0.15, -0.1) is 0 Å². The van der Waals surface area contributed by atoms with Crippen molar-refractivity contribution in [3.63, 3.8) is 0 Å². The molecule has 100 valence electrons. The Bertz CT molecular complexity index is 496. The zero-order valence-electron chi connectivity index (χ0n) is 11.5. The quantitative estimate of drug-likeness (QED) is 0.892. The van der Waals surface area contributed by atoms with Crippen LogP contribution in [-0.4, -0.2) is 17.1 Å². The largest absolute Gasteiger partial charge is 0.388 e. The van der Waals surface area contributed by atoms with E-state index in [4.69, 9.17) is 0 Å². The lowest BCUT2D eigenvalue weighted by atomic mass is 10.1. The number of anilines is 1. The van der Waals surface area contributed by atoms with Gasteiger partial charge in [0, 0.05) is 18.9 Å². The highest BCUT2D eigenvalue weighted by Crippen LogP contribution is 2.21. The van der Waals surface area contributed by atoms with Gasteiger partial charge in [0.05, 0.1) is 18.3 Å². The molecule has 1 atom stereocenters. The highest BCUT2D eigenvalue weighted by Gasteiger charge is 2.06. The van der Waals surface area contributed by atoms with Crippen LogP contribution >= 0.6 is 0 Å². The van der Waals surface area contributed by atoms with Gasteiger partial charge in [-0.25, -0.2) is 0 Å². The van der Waals surface area contributed by atoms with Crippen molar-refractivity contribution >= 4 is 5.69 Å². The monoisotopic (exact) mass is 256 g/mol. The molecule has 0 saturated carbocycles. The fourth-order valence-electron chi connectivity index (χ4n) is 2.01. The molecule has 3 heteroatoms. The predicted octanol–water partition coefficient (Wildman–Crippen LogP) is 3.16. The molecule has 0 spiro atoms. The minimum Gasteiger partial charge on any atom is -0.388 e. The summed E-state index contributed by atoms with van der Waals surface area (Å²) in [5.74, 6) is 0. The van der Waals surface area contributed by atoms with Gasteiger partial charge in [-0.1, -0.05) is 25.1 Å². The fourth-order valence-corrected chi connectivity index (χ4v) is 2.01. The van der Waals surface area contributed by atoms with Gasteiger partial charge >= 0.3 is 0 Å². The van der Waals surface area contributed by atoms with Crippen LogP contribution in [0.25, 0.3) is 0 Å². The Morgan fingerprint density at radius 1 is 1.16 bits per heavy atom. The maximum Gasteiger partial charge on any atom is 0.0787 e. The molecule has 0 radical (unpaired) electrons. The Balaban J connectivity index is 2.05. The number of aliphatic hydroxyl groups excluding tert-OH is 1. The van der Waals surface area contributed by atoms with Crippen LogP contribution in [0.5, 0.6) is 0 Å². The molecule has 0 saturated heterocycles. The molecule has 0 unspecified atom stereocenters. The Morgan fingerprint density at radius 3 is 2.47 bits per heavy atom. The molecule has 1 heterocycles. The van der Waals surface area contributed by atoms with Crippen molar-refractivity contribution in [3.05, 3.63) is 59.9 Å². The first-order valence-electron chi connectivity index (χ1n) is 6.59. The van der Waals surface area contributed by atoms with Gasteiger partial charge in [0.25, 0.3) is 0 Å². The van der Waals surface area contributed by atoms with Crippen LogP contribution in [0.15, 0.2) is 48.7 Å². The molecule has 1 aromatic carbocycles. The third kappa shape index (κ3) is 3.55. The fraction of sp³-hybridized carbons (Fsp3) is 0.312. The summed E-state index contributed by atoms with van der Waals surface area (Å²) in [6, 6.07) is 14.0. The van der Waals surface area contributed by atoms with Gasteiger partial charge < -0.3 is 10.0 Å². The number of aliphatic hydroxyl groups is 1. The van der Waals surface area contributed by atoms with E-state index in [1.54, 1.807) is 0 Å². The zero-order valence-corrected chi connectivity index (χ0v) is 11.5. The molecule has 19 heavy (non-hydrogen) atoms. The number of hydrogen-bond acceptors (Lipinski definition) is 3. The second-order valence-electron chi connectivity index (χ2n) is 4.69. The first-order valence-corrected chi connectivity index (χ1v) is 6.59. The van der Waals surface area contributed by atoms with E-state index in [0.29, 0.717) is 0 Å². The number of aromatic nitrogens is 1. The van der Waals surface area contributed by atoms with Crippen LogP contribution in [-0.2, 0) is 6.54 Å². The van der Waals surface area contributed by atoms with Gasteiger partial charge in [-0.3, -0.25) is 4.98 Å². The Morgan fingerprint density at radius 2 is 1.89 bits per heavy atom. The molecule has 0 bridgehead atoms. The predicted molar refractivity (Wildman–Crippen MR) is 78.0 cm³/mol. The molecule has 2 rings (SSSR count). The number of hydrogen-bond donors (Lipinski definition) is 1. The van der Waals surface area contributed by atoms with Crippen LogP contribution in [0.4, 0.5) is 5.69 Å². The smallest absolute Gasteiger partial charge is 0.0787 e. The van der Waals surface area contributed by atoms with E-state index in [2.05, 4.69) is 9.88 Å². The molecular formula is C16H20N2O.